The third-order valence-electron chi connectivity index (χ3n) is 4.16. The van der Waals surface area contributed by atoms with E-state index in [4.69, 9.17) is 0 Å². The summed E-state index contributed by atoms with van der Waals surface area (Å²) < 4.78 is 6.37. The van der Waals surface area contributed by atoms with Crippen molar-refractivity contribution in [3.8, 4) is 11.1 Å². The second-order valence-corrected chi connectivity index (χ2v) is 6.57. The van der Waals surface area contributed by atoms with Crippen molar-refractivity contribution in [2.45, 2.75) is 32.7 Å². The van der Waals surface area contributed by atoms with Crippen LogP contribution in [0.1, 0.15) is 25.6 Å². The second kappa shape index (κ2) is 7.61. The molecule has 0 bridgehead atoms. The number of fused-ring (bicyclic) bond motifs is 1. The van der Waals surface area contributed by atoms with Crippen LogP contribution in [-0.4, -0.2) is 22.6 Å². The van der Waals surface area contributed by atoms with Crippen LogP contribution in [0.25, 0.3) is 21.3 Å². The van der Waals surface area contributed by atoms with Crippen LogP contribution >= 0.6 is 11.3 Å². The maximum Gasteiger partial charge on any atom is 0.305 e. The van der Waals surface area contributed by atoms with E-state index in [1.165, 1.54) is 18.4 Å². The Hall–Kier alpha value is -2.47. The Morgan fingerprint density at radius 1 is 1.28 bits per heavy atom. The Labute approximate surface area is 149 Å². The highest BCUT2D eigenvalue weighted by atomic mass is 32.1. The van der Waals surface area contributed by atoms with E-state index >= 15 is 0 Å². The van der Waals surface area contributed by atoms with Crippen molar-refractivity contribution in [3.63, 3.8) is 0 Å². The molecule has 0 radical (unpaired) electrons. The number of thiophene rings is 1. The summed E-state index contributed by atoms with van der Waals surface area (Å²) >= 11 is 1.49. The third-order valence-corrected chi connectivity index (χ3v) is 5.04. The van der Waals surface area contributed by atoms with Gasteiger partial charge in [-0.3, -0.25) is 14.2 Å². The molecule has 0 spiro atoms. The molecule has 3 aromatic rings. The van der Waals surface area contributed by atoms with Crippen LogP contribution in [0.2, 0.25) is 0 Å². The minimum atomic E-state index is -0.263. The van der Waals surface area contributed by atoms with E-state index in [1.807, 2.05) is 42.6 Å². The van der Waals surface area contributed by atoms with Gasteiger partial charge in [0.25, 0.3) is 5.56 Å². The SMILES string of the molecule is CCc1nc2scc(-c3ccccc3)c2c(=O)n1CCCC(=O)OC. The monoisotopic (exact) mass is 356 g/mol. The van der Waals surface area contributed by atoms with Crippen molar-refractivity contribution in [2.24, 2.45) is 0 Å². The van der Waals surface area contributed by atoms with Crippen LogP contribution in [0.5, 0.6) is 0 Å². The minimum Gasteiger partial charge on any atom is -0.469 e. The van der Waals surface area contributed by atoms with E-state index in [-0.39, 0.29) is 11.5 Å². The first-order valence-electron chi connectivity index (χ1n) is 8.28. The zero-order valence-electron chi connectivity index (χ0n) is 14.3. The van der Waals surface area contributed by atoms with Gasteiger partial charge in [0.15, 0.2) is 0 Å². The lowest BCUT2D eigenvalue weighted by atomic mass is 10.1. The molecular weight excluding hydrogens is 336 g/mol. The van der Waals surface area contributed by atoms with Crippen molar-refractivity contribution >= 4 is 27.5 Å². The molecule has 0 saturated carbocycles. The van der Waals surface area contributed by atoms with Gasteiger partial charge in [0.1, 0.15) is 10.7 Å². The zero-order chi connectivity index (χ0) is 17.8. The lowest BCUT2D eigenvalue weighted by Crippen LogP contribution is -2.25. The number of aryl methyl sites for hydroxylation is 1. The topological polar surface area (TPSA) is 61.2 Å². The molecule has 0 aliphatic rings. The number of hydrogen-bond donors (Lipinski definition) is 0. The Bertz CT molecular complexity index is 944. The molecule has 0 atom stereocenters. The average molecular weight is 356 g/mol. The highest BCUT2D eigenvalue weighted by Gasteiger charge is 2.16. The fraction of sp³-hybridized carbons (Fsp3) is 0.316. The highest BCUT2D eigenvalue weighted by molar-refractivity contribution is 7.17. The van der Waals surface area contributed by atoms with Crippen LogP contribution < -0.4 is 5.56 Å². The van der Waals surface area contributed by atoms with Crippen LogP contribution in [0, 0.1) is 0 Å². The molecule has 2 aromatic heterocycles. The number of esters is 1. The van der Waals surface area contributed by atoms with Gasteiger partial charge in [0.2, 0.25) is 0 Å². The van der Waals surface area contributed by atoms with Crippen LogP contribution in [0.3, 0.4) is 0 Å². The average Bonchev–Trinajstić information content (AvgIpc) is 3.08. The quantitative estimate of drug-likeness (QED) is 0.633. The van der Waals surface area contributed by atoms with Gasteiger partial charge in [-0.25, -0.2) is 4.98 Å². The van der Waals surface area contributed by atoms with Gasteiger partial charge in [-0.05, 0) is 12.0 Å². The van der Waals surface area contributed by atoms with E-state index in [0.717, 1.165) is 21.8 Å². The van der Waals surface area contributed by atoms with Crippen LogP contribution in [0.15, 0.2) is 40.5 Å². The Morgan fingerprint density at radius 3 is 2.72 bits per heavy atom. The molecule has 130 valence electrons. The summed E-state index contributed by atoms with van der Waals surface area (Å²) in [4.78, 5) is 29.9. The van der Waals surface area contributed by atoms with Gasteiger partial charge in [-0.1, -0.05) is 37.3 Å². The molecule has 0 amide bonds. The molecule has 0 aliphatic heterocycles. The molecule has 0 unspecified atom stereocenters. The number of hydrogen-bond acceptors (Lipinski definition) is 5. The predicted molar refractivity (Wildman–Crippen MR) is 99.9 cm³/mol. The van der Waals surface area contributed by atoms with E-state index in [2.05, 4.69) is 9.72 Å². The fourth-order valence-electron chi connectivity index (χ4n) is 2.88. The summed E-state index contributed by atoms with van der Waals surface area (Å²) in [5.74, 6) is 0.490. The molecule has 2 heterocycles. The third kappa shape index (κ3) is 3.49. The maximum atomic E-state index is 13.1. The van der Waals surface area contributed by atoms with Crippen molar-refractivity contribution < 1.29 is 9.53 Å². The fourth-order valence-corrected chi connectivity index (χ4v) is 3.84. The first-order chi connectivity index (χ1) is 12.2. The second-order valence-electron chi connectivity index (χ2n) is 5.71. The summed E-state index contributed by atoms with van der Waals surface area (Å²) in [6.45, 7) is 2.44. The largest absolute Gasteiger partial charge is 0.469 e. The summed E-state index contributed by atoms with van der Waals surface area (Å²) in [5.41, 5.74) is 1.90. The lowest BCUT2D eigenvalue weighted by Gasteiger charge is -2.11. The van der Waals surface area contributed by atoms with Crippen LogP contribution in [-0.2, 0) is 22.5 Å². The van der Waals surface area contributed by atoms with Crippen molar-refractivity contribution in [2.75, 3.05) is 7.11 Å². The van der Waals surface area contributed by atoms with Gasteiger partial charge < -0.3 is 4.74 Å². The van der Waals surface area contributed by atoms with Gasteiger partial charge in [-0.2, -0.15) is 0 Å². The lowest BCUT2D eigenvalue weighted by molar-refractivity contribution is -0.140. The Morgan fingerprint density at radius 2 is 2.04 bits per heavy atom. The van der Waals surface area contributed by atoms with Gasteiger partial charge in [0.05, 0.1) is 12.5 Å². The summed E-state index contributed by atoms with van der Waals surface area (Å²) in [5, 5.41) is 2.65. The minimum absolute atomic E-state index is 0.0354. The first kappa shape index (κ1) is 17.4. The number of methoxy groups -OCH3 is 1. The smallest absolute Gasteiger partial charge is 0.305 e. The molecule has 1 aromatic carbocycles. The normalized spacial score (nSPS) is 11.0. The van der Waals surface area contributed by atoms with Crippen LogP contribution in [0.4, 0.5) is 0 Å². The standard InChI is InChI=1S/C19H20N2O3S/c1-3-15-20-18-17(14(12-25-18)13-8-5-4-6-9-13)19(23)21(15)11-7-10-16(22)24-2/h4-6,8-9,12H,3,7,10-11H2,1-2H3. The number of rotatable bonds is 6. The Balaban J connectivity index is 2.05. The molecule has 0 saturated heterocycles. The van der Waals surface area contributed by atoms with E-state index in [1.54, 1.807) is 4.57 Å². The number of aromatic nitrogens is 2. The Kier molecular flexibility index (Phi) is 5.28. The summed E-state index contributed by atoms with van der Waals surface area (Å²) in [7, 11) is 1.37. The maximum absolute atomic E-state index is 13.1. The number of carbonyl (C=O) groups excluding carboxylic acids is 1. The molecule has 0 fully saturated rings. The number of ether oxygens (including phenoxy) is 1. The van der Waals surface area contributed by atoms with E-state index < -0.39 is 0 Å². The molecule has 3 rings (SSSR count). The molecule has 6 heteroatoms. The molecule has 5 nitrogen and oxygen atoms in total. The molecular formula is C19H20N2O3S. The molecule has 0 N–H and O–H groups in total. The van der Waals surface area contributed by atoms with E-state index in [0.29, 0.717) is 31.2 Å². The summed E-state index contributed by atoms with van der Waals surface area (Å²) in [6, 6.07) is 9.87. The first-order valence-corrected chi connectivity index (χ1v) is 9.16. The van der Waals surface area contributed by atoms with E-state index in [9.17, 15) is 9.59 Å². The number of carbonyl (C=O) groups is 1. The number of nitrogens with zero attached hydrogens (tertiary/aromatic N) is 2. The van der Waals surface area contributed by atoms with Gasteiger partial charge >= 0.3 is 5.97 Å². The molecule has 0 aliphatic carbocycles. The number of benzene rings is 1. The predicted octanol–water partition coefficient (Wildman–Crippen LogP) is 3.64. The van der Waals surface area contributed by atoms with Gasteiger partial charge in [0, 0.05) is 30.3 Å². The van der Waals surface area contributed by atoms with Crippen molar-refractivity contribution in [1.29, 1.82) is 0 Å². The van der Waals surface area contributed by atoms with Crippen molar-refractivity contribution in [1.82, 2.24) is 9.55 Å². The zero-order valence-corrected chi connectivity index (χ0v) is 15.1. The van der Waals surface area contributed by atoms with Gasteiger partial charge in [-0.15, -0.1) is 11.3 Å². The molecule has 25 heavy (non-hydrogen) atoms. The highest BCUT2D eigenvalue weighted by Crippen LogP contribution is 2.30. The summed E-state index contributed by atoms with van der Waals surface area (Å²) in [6.07, 6.45) is 1.51. The van der Waals surface area contributed by atoms with Crippen molar-refractivity contribution in [3.05, 3.63) is 51.9 Å².